The van der Waals surface area contributed by atoms with Gasteiger partial charge in [0, 0.05) is 6.54 Å². The van der Waals surface area contributed by atoms with Crippen LogP contribution in [-0.4, -0.2) is 16.8 Å². The van der Waals surface area contributed by atoms with Crippen LogP contribution in [0.5, 0.6) is 11.5 Å². The lowest BCUT2D eigenvalue weighted by Gasteiger charge is -2.07. The van der Waals surface area contributed by atoms with E-state index in [1.54, 1.807) is 0 Å². The lowest BCUT2D eigenvalue weighted by molar-refractivity contribution is 0.174. The molecule has 98 valence electrons. The molecule has 0 aliphatic carbocycles. The highest BCUT2D eigenvalue weighted by Gasteiger charge is 2.13. The lowest BCUT2D eigenvalue weighted by atomic mass is 10.2. The van der Waals surface area contributed by atoms with Gasteiger partial charge in [-0.1, -0.05) is 6.07 Å². The maximum Gasteiger partial charge on any atom is 0.267 e. The van der Waals surface area contributed by atoms with Crippen molar-refractivity contribution in [2.24, 2.45) is 0 Å². The van der Waals surface area contributed by atoms with Crippen molar-refractivity contribution in [3.8, 4) is 11.5 Å². The van der Waals surface area contributed by atoms with Crippen LogP contribution in [0.25, 0.3) is 0 Å². The molecule has 2 aromatic rings. The third kappa shape index (κ3) is 2.41. The average Bonchev–Trinajstić information content (AvgIpc) is 2.88. The molecule has 1 aliphatic rings. The third-order valence-corrected chi connectivity index (χ3v) is 3.43. The van der Waals surface area contributed by atoms with Gasteiger partial charge in [0.25, 0.3) is 5.56 Å². The summed E-state index contributed by atoms with van der Waals surface area (Å²) >= 11 is 3.19. The van der Waals surface area contributed by atoms with Gasteiger partial charge < -0.3 is 19.8 Å². The van der Waals surface area contributed by atoms with E-state index in [1.807, 2.05) is 18.2 Å². The number of aromatic amines is 1. The fourth-order valence-corrected chi connectivity index (χ4v) is 2.10. The first kappa shape index (κ1) is 12.0. The zero-order valence-corrected chi connectivity index (χ0v) is 11.4. The maximum absolute atomic E-state index is 11.4. The first-order valence-corrected chi connectivity index (χ1v) is 6.39. The third-order valence-electron chi connectivity index (χ3n) is 2.69. The topological polar surface area (TPSA) is 76.2 Å². The second-order valence-electron chi connectivity index (χ2n) is 3.94. The molecule has 0 saturated heterocycles. The summed E-state index contributed by atoms with van der Waals surface area (Å²) < 4.78 is 10.9. The van der Waals surface area contributed by atoms with Gasteiger partial charge in [-0.3, -0.25) is 4.79 Å². The summed E-state index contributed by atoms with van der Waals surface area (Å²) in [6, 6.07) is 5.69. The first-order valence-electron chi connectivity index (χ1n) is 5.59. The molecule has 1 aliphatic heterocycles. The Morgan fingerprint density at radius 1 is 1.37 bits per heavy atom. The molecule has 19 heavy (non-hydrogen) atoms. The fourth-order valence-electron chi connectivity index (χ4n) is 1.74. The van der Waals surface area contributed by atoms with E-state index in [9.17, 15) is 4.79 Å². The van der Waals surface area contributed by atoms with E-state index >= 15 is 0 Å². The van der Waals surface area contributed by atoms with Crippen molar-refractivity contribution >= 4 is 21.7 Å². The van der Waals surface area contributed by atoms with Gasteiger partial charge >= 0.3 is 0 Å². The molecule has 6 nitrogen and oxygen atoms in total. The molecule has 0 radical (unpaired) electrons. The molecule has 0 amide bonds. The molecule has 1 aromatic heterocycles. The molecule has 2 N–H and O–H groups in total. The van der Waals surface area contributed by atoms with Crippen molar-refractivity contribution < 1.29 is 9.47 Å². The largest absolute Gasteiger partial charge is 0.454 e. The number of benzene rings is 1. The molecule has 0 unspecified atom stereocenters. The molecule has 0 bridgehead atoms. The normalized spacial score (nSPS) is 12.5. The summed E-state index contributed by atoms with van der Waals surface area (Å²) in [6.07, 6.45) is 1.36. The molecule has 0 atom stereocenters. The zero-order valence-electron chi connectivity index (χ0n) is 9.77. The Balaban J connectivity index is 1.76. The Morgan fingerprint density at radius 3 is 3.11 bits per heavy atom. The average molecular weight is 324 g/mol. The molecule has 1 aromatic carbocycles. The number of hydrogen-bond acceptors (Lipinski definition) is 5. The van der Waals surface area contributed by atoms with Crippen LogP contribution in [0.4, 0.5) is 5.82 Å². The van der Waals surface area contributed by atoms with Crippen molar-refractivity contribution in [2.45, 2.75) is 6.54 Å². The molecular formula is C12H10BrN3O3. The second kappa shape index (κ2) is 4.93. The number of nitrogens with one attached hydrogen (secondary N) is 2. The number of fused-ring (bicyclic) bond motifs is 1. The van der Waals surface area contributed by atoms with Crippen LogP contribution in [0.2, 0.25) is 0 Å². The van der Waals surface area contributed by atoms with E-state index in [0.717, 1.165) is 17.1 Å². The predicted octanol–water partition coefficient (Wildman–Crippen LogP) is 1.87. The summed E-state index contributed by atoms with van der Waals surface area (Å²) in [5.41, 5.74) is 0.793. The Bertz CT molecular complexity index is 672. The number of halogens is 1. The summed E-state index contributed by atoms with van der Waals surface area (Å²) in [7, 11) is 0. The minimum atomic E-state index is -0.219. The van der Waals surface area contributed by atoms with Crippen LogP contribution in [0.1, 0.15) is 5.56 Å². The zero-order chi connectivity index (χ0) is 13.2. The van der Waals surface area contributed by atoms with Crippen LogP contribution in [0.15, 0.2) is 33.8 Å². The number of aromatic nitrogens is 2. The Labute approximate surface area is 116 Å². The highest BCUT2D eigenvalue weighted by Crippen LogP contribution is 2.32. The Morgan fingerprint density at radius 2 is 2.21 bits per heavy atom. The molecule has 0 fully saturated rings. The Kier molecular flexibility index (Phi) is 3.12. The highest BCUT2D eigenvalue weighted by molar-refractivity contribution is 9.10. The van der Waals surface area contributed by atoms with E-state index in [2.05, 4.69) is 31.2 Å². The van der Waals surface area contributed by atoms with E-state index in [1.165, 1.54) is 6.33 Å². The van der Waals surface area contributed by atoms with Gasteiger partial charge in [0.1, 0.15) is 10.3 Å². The molecule has 0 spiro atoms. The van der Waals surface area contributed by atoms with Crippen molar-refractivity contribution in [3.63, 3.8) is 0 Å². The molecule has 0 saturated carbocycles. The second-order valence-corrected chi connectivity index (χ2v) is 4.73. The number of anilines is 1. The van der Waals surface area contributed by atoms with E-state index < -0.39 is 0 Å². The molecule has 7 heteroatoms. The molecule has 2 heterocycles. The smallest absolute Gasteiger partial charge is 0.267 e. The highest BCUT2D eigenvalue weighted by atomic mass is 79.9. The van der Waals surface area contributed by atoms with E-state index in [-0.39, 0.29) is 12.4 Å². The number of H-pyrrole nitrogens is 1. The van der Waals surface area contributed by atoms with Crippen LogP contribution in [0.3, 0.4) is 0 Å². The quantitative estimate of drug-likeness (QED) is 0.901. The lowest BCUT2D eigenvalue weighted by Crippen LogP contribution is -2.12. The maximum atomic E-state index is 11.4. The van der Waals surface area contributed by atoms with Gasteiger partial charge in [0.2, 0.25) is 6.79 Å². The number of rotatable bonds is 3. The number of ether oxygens (including phenoxy) is 2. The molecular weight excluding hydrogens is 314 g/mol. The van der Waals surface area contributed by atoms with Crippen LogP contribution < -0.4 is 20.3 Å². The van der Waals surface area contributed by atoms with Gasteiger partial charge in [-0.2, -0.15) is 0 Å². The van der Waals surface area contributed by atoms with Crippen molar-refractivity contribution in [2.75, 3.05) is 12.1 Å². The Hall–Kier alpha value is -2.02. The van der Waals surface area contributed by atoms with Gasteiger partial charge in [-0.25, -0.2) is 4.98 Å². The van der Waals surface area contributed by atoms with Crippen molar-refractivity contribution in [3.05, 3.63) is 44.9 Å². The minimum absolute atomic E-state index is 0.219. The monoisotopic (exact) mass is 323 g/mol. The summed E-state index contributed by atoms with van der Waals surface area (Å²) in [5, 5.41) is 3.09. The van der Waals surface area contributed by atoms with Crippen LogP contribution >= 0.6 is 15.9 Å². The number of nitrogens with zero attached hydrogens (tertiary/aromatic N) is 1. The SMILES string of the molecule is O=c1[nH]cnc(NCc2ccc3c(c2)OCO3)c1Br. The van der Waals surface area contributed by atoms with Crippen molar-refractivity contribution in [1.82, 2.24) is 9.97 Å². The summed E-state index contributed by atoms with van der Waals surface area (Å²) in [5.74, 6) is 1.98. The standard InChI is InChI=1S/C12H10BrN3O3/c13-10-11(15-5-16-12(10)17)14-4-7-1-2-8-9(3-7)19-6-18-8/h1-3,5H,4,6H2,(H2,14,15,16,17). The van der Waals surface area contributed by atoms with Crippen LogP contribution in [-0.2, 0) is 6.54 Å². The van der Waals surface area contributed by atoms with E-state index in [4.69, 9.17) is 9.47 Å². The van der Waals surface area contributed by atoms with Crippen molar-refractivity contribution in [1.29, 1.82) is 0 Å². The van der Waals surface area contributed by atoms with Gasteiger partial charge in [0.15, 0.2) is 11.5 Å². The van der Waals surface area contributed by atoms with Gasteiger partial charge in [-0.15, -0.1) is 0 Å². The molecule has 3 rings (SSSR count). The number of hydrogen-bond donors (Lipinski definition) is 2. The van der Waals surface area contributed by atoms with Gasteiger partial charge in [0.05, 0.1) is 6.33 Å². The summed E-state index contributed by atoms with van der Waals surface area (Å²) in [6.45, 7) is 0.791. The first-order chi connectivity index (χ1) is 9.24. The van der Waals surface area contributed by atoms with E-state index in [0.29, 0.717) is 16.8 Å². The van der Waals surface area contributed by atoms with Crippen LogP contribution in [0, 0.1) is 0 Å². The predicted molar refractivity (Wildman–Crippen MR) is 72.4 cm³/mol. The van der Waals surface area contributed by atoms with Gasteiger partial charge in [-0.05, 0) is 33.6 Å². The minimum Gasteiger partial charge on any atom is -0.454 e. The fraction of sp³-hybridized carbons (Fsp3) is 0.167. The summed E-state index contributed by atoms with van der Waals surface area (Å²) in [4.78, 5) is 17.9.